The molecule has 1 amide bonds. The number of alkyl halides is 1. The molecule has 0 spiro atoms. The average molecular weight is 357 g/mol. The molecular formula is C16H19BrClNO. The summed E-state index contributed by atoms with van der Waals surface area (Å²) in [7, 11) is 0. The Bertz CT molecular complexity index is 599. The predicted octanol–water partition coefficient (Wildman–Crippen LogP) is 5.04. The first-order chi connectivity index (χ1) is 9.04. The number of hydrogen-bond donors (Lipinski definition) is 0. The molecule has 2 rings (SSSR count). The highest BCUT2D eigenvalue weighted by atomic mass is 79.9. The maximum absolute atomic E-state index is 12.8. The first-order valence-corrected chi connectivity index (χ1v) is 7.74. The SMILES string of the molecule is CC1=CC(C)(C)N(C(=O)C(C)(C)Br)c2ccc(Cl)cc21. The highest BCUT2D eigenvalue weighted by Crippen LogP contribution is 2.41. The zero-order chi connectivity index (χ0) is 15.3. The summed E-state index contributed by atoms with van der Waals surface area (Å²) in [4.78, 5) is 14.7. The van der Waals surface area contributed by atoms with E-state index < -0.39 is 4.32 Å². The lowest BCUT2D eigenvalue weighted by Gasteiger charge is -2.43. The molecule has 1 heterocycles. The van der Waals surface area contributed by atoms with Gasteiger partial charge in [-0.15, -0.1) is 0 Å². The molecule has 0 saturated carbocycles. The van der Waals surface area contributed by atoms with E-state index in [2.05, 4.69) is 28.9 Å². The van der Waals surface area contributed by atoms with E-state index in [-0.39, 0.29) is 11.4 Å². The third-order valence-electron chi connectivity index (χ3n) is 3.48. The minimum absolute atomic E-state index is 0.0369. The normalized spacial score (nSPS) is 17.6. The van der Waals surface area contributed by atoms with E-state index in [0.29, 0.717) is 5.02 Å². The number of amides is 1. The molecule has 2 nitrogen and oxygen atoms in total. The van der Waals surface area contributed by atoms with Gasteiger partial charge < -0.3 is 4.90 Å². The fourth-order valence-corrected chi connectivity index (χ4v) is 2.99. The minimum Gasteiger partial charge on any atom is -0.302 e. The van der Waals surface area contributed by atoms with Crippen molar-refractivity contribution < 1.29 is 4.79 Å². The van der Waals surface area contributed by atoms with Gasteiger partial charge in [0.1, 0.15) is 0 Å². The maximum atomic E-state index is 12.8. The topological polar surface area (TPSA) is 20.3 Å². The number of carbonyl (C=O) groups is 1. The summed E-state index contributed by atoms with van der Waals surface area (Å²) in [5.74, 6) is 0.0369. The molecule has 108 valence electrons. The summed E-state index contributed by atoms with van der Waals surface area (Å²) in [5, 5.41) is 0.682. The second kappa shape index (κ2) is 4.88. The molecule has 0 saturated heterocycles. The van der Waals surface area contributed by atoms with Crippen LogP contribution in [-0.4, -0.2) is 15.8 Å². The second-order valence-electron chi connectivity index (χ2n) is 6.26. The van der Waals surface area contributed by atoms with Crippen molar-refractivity contribution in [2.24, 2.45) is 0 Å². The number of nitrogens with zero attached hydrogens (tertiary/aromatic N) is 1. The first kappa shape index (κ1) is 15.6. The van der Waals surface area contributed by atoms with Crippen LogP contribution in [0.25, 0.3) is 5.57 Å². The van der Waals surface area contributed by atoms with Crippen LogP contribution in [0, 0.1) is 0 Å². The fraction of sp³-hybridized carbons (Fsp3) is 0.438. The summed E-state index contributed by atoms with van der Waals surface area (Å²) < 4.78 is -0.611. The lowest BCUT2D eigenvalue weighted by atomic mass is 9.88. The average Bonchev–Trinajstić information content (AvgIpc) is 2.27. The van der Waals surface area contributed by atoms with E-state index in [1.165, 1.54) is 0 Å². The first-order valence-electron chi connectivity index (χ1n) is 6.57. The van der Waals surface area contributed by atoms with Crippen LogP contribution in [0.4, 0.5) is 5.69 Å². The van der Waals surface area contributed by atoms with Gasteiger partial charge in [0.2, 0.25) is 5.91 Å². The Hall–Kier alpha value is -0.800. The molecule has 0 fully saturated rings. The lowest BCUT2D eigenvalue weighted by Crippen LogP contribution is -2.54. The van der Waals surface area contributed by atoms with Crippen LogP contribution in [0.5, 0.6) is 0 Å². The van der Waals surface area contributed by atoms with Gasteiger partial charge in [-0.2, -0.15) is 0 Å². The number of carbonyl (C=O) groups excluding carboxylic acids is 1. The van der Waals surface area contributed by atoms with Gasteiger partial charge in [-0.3, -0.25) is 4.79 Å². The van der Waals surface area contributed by atoms with Crippen molar-refractivity contribution in [3.05, 3.63) is 34.9 Å². The molecule has 0 aliphatic carbocycles. The molecule has 0 N–H and O–H groups in total. The molecule has 1 aromatic carbocycles. The number of hydrogen-bond acceptors (Lipinski definition) is 1. The lowest BCUT2D eigenvalue weighted by molar-refractivity contribution is -0.120. The second-order valence-corrected chi connectivity index (χ2v) is 8.67. The smallest absolute Gasteiger partial charge is 0.244 e. The van der Waals surface area contributed by atoms with Crippen molar-refractivity contribution in [3.63, 3.8) is 0 Å². The van der Waals surface area contributed by atoms with Crippen molar-refractivity contribution >= 4 is 44.7 Å². The summed E-state index contributed by atoms with van der Waals surface area (Å²) in [6.45, 7) is 9.88. The van der Waals surface area contributed by atoms with Gasteiger partial charge in [-0.05, 0) is 58.4 Å². The Morgan fingerprint density at radius 2 is 1.95 bits per heavy atom. The largest absolute Gasteiger partial charge is 0.302 e. The van der Waals surface area contributed by atoms with E-state index in [1.807, 2.05) is 50.8 Å². The molecule has 0 unspecified atom stereocenters. The number of halogens is 2. The van der Waals surface area contributed by atoms with Crippen LogP contribution < -0.4 is 4.90 Å². The molecule has 1 aromatic rings. The van der Waals surface area contributed by atoms with Crippen LogP contribution in [0.3, 0.4) is 0 Å². The molecule has 0 bridgehead atoms. The van der Waals surface area contributed by atoms with Crippen molar-refractivity contribution in [3.8, 4) is 0 Å². The van der Waals surface area contributed by atoms with E-state index in [9.17, 15) is 4.79 Å². The van der Waals surface area contributed by atoms with E-state index >= 15 is 0 Å². The number of anilines is 1. The Labute approximate surface area is 133 Å². The molecule has 0 radical (unpaired) electrons. The van der Waals surface area contributed by atoms with Crippen LogP contribution in [0.2, 0.25) is 5.02 Å². The van der Waals surface area contributed by atoms with Gasteiger partial charge in [0, 0.05) is 10.6 Å². The summed E-state index contributed by atoms with van der Waals surface area (Å²) >= 11 is 9.56. The van der Waals surface area contributed by atoms with Gasteiger partial charge in [0.05, 0.1) is 15.6 Å². The molecule has 20 heavy (non-hydrogen) atoms. The van der Waals surface area contributed by atoms with Crippen molar-refractivity contribution in [1.29, 1.82) is 0 Å². The van der Waals surface area contributed by atoms with Gasteiger partial charge in [0.25, 0.3) is 0 Å². The van der Waals surface area contributed by atoms with E-state index in [0.717, 1.165) is 16.8 Å². The van der Waals surface area contributed by atoms with Gasteiger partial charge in [0.15, 0.2) is 0 Å². The molecule has 0 aromatic heterocycles. The highest BCUT2D eigenvalue weighted by Gasteiger charge is 2.40. The Kier molecular flexibility index (Phi) is 3.81. The van der Waals surface area contributed by atoms with Gasteiger partial charge in [-0.25, -0.2) is 0 Å². The van der Waals surface area contributed by atoms with Crippen LogP contribution >= 0.6 is 27.5 Å². The fourth-order valence-electron chi connectivity index (χ4n) is 2.64. The summed E-state index contributed by atoms with van der Waals surface area (Å²) in [5.41, 5.74) is 2.70. The number of fused-ring (bicyclic) bond motifs is 1. The Balaban J connectivity index is 2.66. The van der Waals surface area contributed by atoms with E-state index in [4.69, 9.17) is 11.6 Å². The molecular weight excluding hydrogens is 338 g/mol. The Morgan fingerprint density at radius 1 is 1.35 bits per heavy atom. The van der Waals surface area contributed by atoms with Crippen LogP contribution in [0.1, 0.15) is 40.2 Å². The predicted molar refractivity (Wildman–Crippen MR) is 89.7 cm³/mol. The van der Waals surface area contributed by atoms with Crippen LogP contribution in [0.15, 0.2) is 24.3 Å². The number of allylic oxidation sites excluding steroid dienone is 1. The van der Waals surface area contributed by atoms with Crippen molar-refractivity contribution in [1.82, 2.24) is 0 Å². The van der Waals surface area contributed by atoms with Gasteiger partial charge in [-0.1, -0.05) is 33.6 Å². The summed E-state index contributed by atoms with van der Waals surface area (Å²) in [6.07, 6.45) is 2.11. The molecule has 4 heteroatoms. The minimum atomic E-state index is -0.611. The zero-order valence-electron chi connectivity index (χ0n) is 12.4. The van der Waals surface area contributed by atoms with E-state index in [1.54, 1.807) is 0 Å². The highest BCUT2D eigenvalue weighted by molar-refractivity contribution is 9.10. The van der Waals surface area contributed by atoms with Crippen molar-refractivity contribution in [2.75, 3.05) is 4.90 Å². The standard InChI is InChI=1S/C16H19BrClNO/c1-10-9-15(2,3)19(14(20)16(4,5)17)13-7-6-11(18)8-12(10)13/h6-9H,1-5H3. The number of rotatable bonds is 1. The third-order valence-corrected chi connectivity index (χ3v) is 4.06. The monoisotopic (exact) mass is 355 g/mol. The third kappa shape index (κ3) is 2.66. The molecule has 1 aliphatic rings. The maximum Gasteiger partial charge on any atom is 0.244 e. The zero-order valence-corrected chi connectivity index (χ0v) is 14.8. The Morgan fingerprint density at radius 3 is 2.50 bits per heavy atom. The van der Waals surface area contributed by atoms with Crippen molar-refractivity contribution in [2.45, 2.75) is 44.5 Å². The number of benzene rings is 1. The van der Waals surface area contributed by atoms with Crippen LogP contribution in [-0.2, 0) is 4.79 Å². The molecule has 1 aliphatic heterocycles. The quantitative estimate of drug-likeness (QED) is 0.645. The summed E-state index contributed by atoms with van der Waals surface area (Å²) in [6, 6.07) is 5.67. The van der Waals surface area contributed by atoms with Gasteiger partial charge >= 0.3 is 0 Å². The molecule has 0 atom stereocenters.